The van der Waals surface area contributed by atoms with Gasteiger partial charge in [0.05, 0.1) is 4.90 Å². The fourth-order valence-corrected chi connectivity index (χ4v) is 5.06. The monoisotopic (exact) mass is 458 g/mol. The molecular weight excluding hydrogens is 435 g/mol. The standard InChI is InChI=1S/C22H23FN4O4S/c1-14-3-4-17(13-15(14)2)21-25-26-22(31-21)24-20(28)16-9-11-27(12-10-16)32(29,30)19-7-5-18(23)6-8-19/h3-8,13,16H,9-12H2,1-2H3,(H,24,26,28). The van der Waals surface area contributed by atoms with Gasteiger partial charge in [-0.2, -0.15) is 4.31 Å². The molecule has 1 amide bonds. The number of carbonyl (C=O) groups excluding carboxylic acids is 1. The van der Waals surface area contributed by atoms with Crippen LogP contribution >= 0.6 is 0 Å². The number of amides is 1. The van der Waals surface area contributed by atoms with Gasteiger partial charge in [0, 0.05) is 24.6 Å². The van der Waals surface area contributed by atoms with Gasteiger partial charge in [-0.25, -0.2) is 12.8 Å². The zero-order valence-corrected chi connectivity index (χ0v) is 18.5. The van der Waals surface area contributed by atoms with Gasteiger partial charge in [0.2, 0.25) is 21.8 Å². The van der Waals surface area contributed by atoms with E-state index in [1.54, 1.807) is 0 Å². The summed E-state index contributed by atoms with van der Waals surface area (Å²) < 4.78 is 45.4. The van der Waals surface area contributed by atoms with Crippen molar-refractivity contribution in [3.63, 3.8) is 0 Å². The Hall–Kier alpha value is -3.11. The summed E-state index contributed by atoms with van der Waals surface area (Å²) in [4.78, 5) is 12.7. The van der Waals surface area contributed by atoms with Crippen LogP contribution in [0.4, 0.5) is 10.4 Å². The molecule has 0 bridgehead atoms. The number of halogens is 1. The number of aromatic nitrogens is 2. The molecule has 8 nitrogen and oxygen atoms in total. The highest BCUT2D eigenvalue weighted by atomic mass is 32.2. The minimum atomic E-state index is -3.73. The van der Waals surface area contributed by atoms with Crippen LogP contribution in [0.5, 0.6) is 0 Å². The van der Waals surface area contributed by atoms with Crippen LogP contribution in [-0.2, 0) is 14.8 Å². The molecule has 0 aliphatic carbocycles. The van der Waals surface area contributed by atoms with Crippen molar-refractivity contribution in [1.82, 2.24) is 14.5 Å². The van der Waals surface area contributed by atoms with E-state index >= 15 is 0 Å². The van der Waals surface area contributed by atoms with Crippen LogP contribution in [0.1, 0.15) is 24.0 Å². The van der Waals surface area contributed by atoms with Gasteiger partial charge >= 0.3 is 6.01 Å². The second-order valence-corrected chi connectivity index (χ2v) is 9.77. The van der Waals surface area contributed by atoms with E-state index in [0.29, 0.717) is 18.7 Å². The van der Waals surface area contributed by atoms with Crippen LogP contribution in [0.3, 0.4) is 0 Å². The molecule has 0 atom stereocenters. The SMILES string of the molecule is Cc1ccc(-c2nnc(NC(=O)C3CCN(S(=O)(=O)c4ccc(F)cc4)CC3)o2)cc1C. The van der Waals surface area contributed by atoms with Crippen LogP contribution in [0.15, 0.2) is 51.8 Å². The molecule has 0 spiro atoms. The molecule has 4 rings (SSSR count). The normalized spacial score (nSPS) is 15.6. The number of nitrogens with zero attached hydrogens (tertiary/aromatic N) is 3. The highest BCUT2D eigenvalue weighted by molar-refractivity contribution is 7.89. The Kier molecular flexibility index (Phi) is 6.07. The van der Waals surface area contributed by atoms with E-state index in [4.69, 9.17) is 4.42 Å². The van der Waals surface area contributed by atoms with Crippen molar-refractivity contribution >= 4 is 21.9 Å². The minimum absolute atomic E-state index is 0.00425. The van der Waals surface area contributed by atoms with Crippen LogP contribution in [0, 0.1) is 25.6 Å². The van der Waals surface area contributed by atoms with Gasteiger partial charge in [-0.05, 0) is 74.2 Å². The summed E-state index contributed by atoms with van der Waals surface area (Å²) in [7, 11) is -3.73. The summed E-state index contributed by atoms with van der Waals surface area (Å²) in [6.07, 6.45) is 0.703. The van der Waals surface area contributed by atoms with Crippen molar-refractivity contribution < 1.29 is 22.0 Å². The third-order valence-electron chi connectivity index (χ3n) is 5.69. The molecule has 1 aliphatic rings. The van der Waals surface area contributed by atoms with Gasteiger partial charge in [-0.3, -0.25) is 10.1 Å². The smallest absolute Gasteiger partial charge is 0.322 e. The van der Waals surface area contributed by atoms with Gasteiger partial charge in [0.1, 0.15) is 5.82 Å². The van der Waals surface area contributed by atoms with E-state index in [0.717, 1.165) is 28.8 Å². The molecule has 10 heteroatoms. The molecule has 1 aromatic heterocycles. The van der Waals surface area contributed by atoms with Crippen LogP contribution < -0.4 is 5.32 Å². The summed E-state index contributed by atoms with van der Waals surface area (Å²) in [6.45, 7) is 4.38. The number of hydrogen-bond donors (Lipinski definition) is 1. The molecule has 168 valence electrons. The van der Waals surface area contributed by atoms with Crippen molar-refractivity contribution in [3.05, 3.63) is 59.4 Å². The highest BCUT2D eigenvalue weighted by Gasteiger charge is 2.32. The van der Waals surface area contributed by atoms with Crippen molar-refractivity contribution in [3.8, 4) is 11.5 Å². The first-order chi connectivity index (χ1) is 15.2. The summed E-state index contributed by atoms with van der Waals surface area (Å²) >= 11 is 0. The maximum Gasteiger partial charge on any atom is 0.322 e. The Morgan fingerprint density at radius 3 is 2.41 bits per heavy atom. The van der Waals surface area contributed by atoms with E-state index in [9.17, 15) is 17.6 Å². The second-order valence-electron chi connectivity index (χ2n) is 7.83. The van der Waals surface area contributed by atoms with E-state index in [1.807, 2.05) is 32.0 Å². The lowest BCUT2D eigenvalue weighted by Gasteiger charge is -2.30. The Morgan fingerprint density at radius 2 is 1.75 bits per heavy atom. The van der Waals surface area contributed by atoms with Crippen LogP contribution in [0.2, 0.25) is 0 Å². The number of aryl methyl sites for hydroxylation is 2. The van der Waals surface area contributed by atoms with E-state index in [2.05, 4.69) is 15.5 Å². The topological polar surface area (TPSA) is 105 Å². The third kappa shape index (κ3) is 4.56. The predicted molar refractivity (Wildman–Crippen MR) is 116 cm³/mol. The van der Waals surface area contributed by atoms with Crippen molar-refractivity contribution in [2.75, 3.05) is 18.4 Å². The van der Waals surface area contributed by atoms with E-state index in [1.165, 1.54) is 16.4 Å². The lowest BCUT2D eigenvalue weighted by atomic mass is 9.97. The molecule has 0 unspecified atom stereocenters. The number of sulfonamides is 1. The van der Waals surface area contributed by atoms with Gasteiger partial charge in [-0.15, -0.1) is 5.10 Å². The summed E-state index contributed by atoms with van der Waals surface area (Å²) in [5, 5.41) is 10.5. The molecule has 1 N–H and O–H groups in total. The molecule has 3 aromatic rings. The largest absolute Gasteiger partial charge is 0.403 e. The van der Waals surface area contributed by atoms with Gasteiger partial charge in [0.25, 0.3) is 0 Å². The van der Waals surface area contributed by atoms with Crippen LogP contribution in [-0.4, -0.2) is 41.9 Å². The lowest BCUT2D eigenvalue weighted by Crippen LogP contribution is -2.41. The first-order valence-electron chi connectivity index (χ1n) is 10.2. The lowest BCUT2D eigenvalue weighted by molar-refractivity contribution is -0.121. The quantitative estimate of drug-likeness (QED) is 0.627. The van der Waals surface area contributed by atoms with Gasteiger partial charge < -0.3 is 4.42 Å². The Labute approximate surface area is 185 Å². The number of benzene rings is 2. The first kappa shape index (κ1) is 22.1. The molecule has 32 heavy (non-hydrogen) atoms. The molecule has 1 saturated heterocycles. The van der Waals surface area contributed by atoms with Crippen molar-refractivity contribution in [2.24, 2.45) is 5.92 Å². The van der Waals surface area contributed by atoms with E-state index < -0.39 is 15.8 Å². The zero-order valence-electron chi connectivity index (χ0n) is 17.7. The number of piperidine rings is 1. The first-order valence-corrected chi connectivity index (χ1v) is 11.7. The molecule has 2 aromatic carbocycles. The predicted octanol–water partition coefficient (Wildman–Crippen LogP) is 3.53. The van der Waals surface area contributed by atoms with Crippen molar-refractivity contribution in [2.45, 2.75) is 31.6 Å². The maximum atomic E-state index is 13.1. The number of carbonyl (C=O) groups is 1. The van der Waals surface area contributed by atoms with Crippen LogP contribution in [0.25, 0.3) is 11.5 Å². The molecule has 1 aliphatic heterocycles. The summed E-state index contributed by atoms with van der Waals surface area (Å²) in [5.74, 6) is -0.865. The summed E-state index contributed by atoms with van der Waals surface area (Å²) in [5.41, 5.74) is 3.00. The average molecular weight is 459 g/mol. The fourth-order valence-electron chi connectivity index (χ4n) is 3.59. The number of nitrogens with one attached hydrogen (secondary N) is 1. The number of rotatable bonds is 5. The van der Waals surface area contributed by atoms with Gasteiger partial charge in [0.15, 0.2) is 0 Å². The molecule has 2 heterocycles. The fraction of sp³-hybridized carbons (Fsp3) is 0.318. The Bertz CT molecular complexity index is 1230. The average Bonchev–Trinajstić information content (AvgIpc) is 3.24. The summed E-state index contributed by atoms with van der Waals surface area (Å²) in [6, 6.07) is 10.5. The minimum Gasteiger partial charge on any atom is -0.403 e. The number of anilines is 1. The molecular formula is C22H23FN4O4S. The molecule has 1 fully saturated rings. The Morgan fingerprint density at radius 1 is 1.06 bits per heavy atom. The molecule has 0 radical (unpaired) electrons. The van der Waals surface area contributed by atoms with Gasteiger partial charge in [-0.1, -0.05) is 11.2 Å². The maximum absolute atomic E-state index is 13.1. The Balaban J connectivity index is 1.36. The number of hydrogen-bond acceptors (Lipinski definition) is 6. The third-order valence-corrected chi connectivity index (χ3v) is 7.60. The molecule has 0 saturated carbocycles. The van der Waals surface area contributed by atoms with Crippen molar-refractivity contribution in [1.29, 1.82) is 0 Å². The zero-order chi connectivity index (χ0) is 22.9. The second kappa shape index (κ2) is 8.79. The highest BCUT2D eigenvalue weighted by Crippen LogP contribution is 2.26. The van der Waals surface area contributed by atoms with E-state index in [-0.39, 0.29) is 35.8 Å².